The van der Waals surface area contributed by atoms with Crippen molar-refractivity contribution in [2.45, 2.75) is 32.6 Å². The van der Waals surface area contributed by atoms with Crippen LogP contribution in [0.1, 0.15) is 48.9 Å². The van der Waals surface area contributed by atoms with Gasteiger partial charge in [-0.2, -0.15) is 0 Å². The molecule has 0 atom stereocenters. The maximum Gasteiger partial charge on any atom is 0.277 e. The number of fused-ring (bicyclic) bond motifs is 1. The molecule has 1 fully saturated rings. The summed E-state index contributed by atoms with van der Waals surface area (Å²) in [5.74, 6) is 0.611. The summed E-state index contributed by atoms with van der Waals surface area (Å²) < 4.78 is 5.23. The average molecular weight is 350 g/mol. The standard InChI is InChI=1S/C20H22N4O2/c1-13(2)18-12-16(23-26-18)20(25)22-15-7-8-17(24-10-3-4-11-24)19-14(15)6-5-9-21-19/h5-9,12-13H,3-4,10-11H2,1-2H3,(H,22,25). The Morgan fingerprint density at radius 1 is 1.23 bits per heavy atom. The van der Waals surface area contributed by atoms with Crippen molar-refractivity contribution in [3.05, 3.63) is 48.0 Å². The molecule has 134 valence electrons. The van der Waals surface area contributed by atoms with Crippen LogP contribution in [0, 0.1) is 0 Å². The van der Waals surface area contributed by atoms with Crippen molar-refractivity contribution >= 4 is 28.2 Å². The zero-order chi connectivity index (χ0) is 18.1. The second kappa shape index (κ2) is 6.78. The van der Waals surface area contributed by atoms with Gasteiger partial charge in [-0.15, -0.1) is 0 Å². The number of nitrogens with zero attached hydrogens (tertiary/aromatic N) is 3. The number of amides is 1. The summed E-state index contributed by atoms with van der Waals surface area (Å²) in [4.78, 5) is 19.5. The zero-order valence-corrected chi connectivity index (χ0v) is 15.0. The van der Waals surface area contributed by atoms with E-state index in [1.807, 2.05) is 38.1 Å². The molecule has 0 unspecified atom stereocenters. The molecule has 6 nitrogen and oxygen atoms in total. The molecule has 1 amide bonds. The lowest BCUT2D eigenvalue weighted by Gasteiger charge is -2.20. The van der Waals surface area contributed by atoms with Crippen LogP contribution < -0.4 is 10.2 Å². The third kappa shape index (κ3) is 3.03. The van der Waals surface area contributed by atoms with Crippen LogP contribution in [-0.4, -0.2) is 29.1 Å². The molecule has 0 saturated carbocycles. The summed E-state index contributed by atoms with van der Waals surface area (Å²) in [6.07, 6.45) is 4.20. The van der Waals surface area contributed by atoms with Crippen molar-refractivity contribution in [3.63, 3.8) is 0 Å². The lowest BCUT2D eigenvalue weighted by molar-refractivity contribution is 0.101. The van der Waals surface area contributed by atoms with E-state index in [0.29, 0.717) is 5.76 Å². The molecule has 6 heteroatoms. The van der Waals surface area contributed by atoms with E-state index in [0.717, 1.165) is 35.4 Å². The molecule has 3 aromatic rings. The van der Waals surface area contributed by atoms with Crippen molar-refractivity contribution in [2.24, 2.45) is 0 Å². The van der Waals surface area contributed by atoms with E-state index < -0.39 is 0 Å². The maximum atomic E-state index is 12.6. The molecule has 0 aliphatic carbocycles. The number of pyridine rings is 1. The Labute approximate surface area is 152 Å². The first-order chi connectivity index (χ1) is 12.6. The van der Waals surface area contributed by atoms with Crippen molar-refractivity contribution in [1.82, 2.24) is 10.1 Å². The number of nitrogens with one attached hydrogen (secondary N) is 1. The van der Waals surface area contributed by atoms with Crippen molar-refractivity contribution < 1.29 is 9.32 Å². The smallest absolute Gasteiger partial charge is 0.277 e. The SMILES string of the molecule is CC(C)c1cc(C(=O)Nc2ccc(N3CCCC3)c3ncccc23)no1. The van der Waals surface area contributed by atoms with Gasteiger partial charge in [-0.05, 0) is 37.1 Å². The summed E-state index contributed by atoms with van der Waals surface area (Å²) in [5, 5.41) is 7.76. The van der Waals surface area contributed by atoms with Gasteiger partial charge in [0.25, 0.3) is 5.91 Å². The molecule has 4 rings (SSSR count). The highest BCUT2D eigenvalue weighted by Crippen LogP contribution is 2.32. The van der Waals surface area contributed by atoms with Gasteiger partial charge in [0.1, 0.15) is 5.76 Å². The molecule has 2 aromatic heterocycles. The second-order valence-corrected chi connectivity index (χ2v) is 6.95. The molecule has 0 radical (unpaired) electrons. The van der Waals surface area contributed by atoms with E-state index in [2.05, 4.69) is 20.4 Å². The van der Waals surface area contributed by atoms with Crippen LogP contribution >= 0.6 is 0 Å². The van der Waals surface area contributed by atoms with Crippen LogP contribution in [0.4, 0.5) is 11.4 Å². The highest BCUT2D eigenvalue weighted by Gasteiger charge is 2.19. The van der Waals surface area contributed by atoms with Gasteiger partial charge in [-0.25, -0.2) is 0 Å². The van der Waals surface area contributed by atoms with Gasteiger partial charge in [0.15, 0.2) is 5.69 Å². The molecule has 1 aliphatic heterocycles. The van der Waals surface area contributed by atoms with Crippen LogP contribution in [0.2, 0.25) is 0 Å². The number of anilines is 2. The minimum absolute atomic E-state index is 0.189. The van der Waals surface area contributed by atoms with Gasteiger partial charge in [-0.3, -0.25) is 9.78 Å². The van der Waals surface area contributed by atoms with Crippen LogP contribution in [0.15, 0.2) is 41.1 Å². The van der Waals surface area contributed by atoms with E-state index in [-0.39, 0.29) is 17.5 Å². The van der Waals surface area contributed by atoms with Gasteiger partial charge < -0.3 is 14.7 Å². The summed E-state index contributed by atoms with van der Waals surface area (Å²) in [5.41, 5.74) is 3.05. The first kappa shape index (κ1) is 16.6. The lowest BCUT2D eigenvalue weighted by Crippen LogP contribution is -2.18. The number of hydrogen-bond acceptors (Lipinski definition) is 5. The summed E-state index contributed by atoms with van der Waals surface area (Å²) in [6, 6.07) is 9.55. The Bertz CT molecular complexity index is 942. The topological polar surface area (TPSA) is 71.3 Å². The highest BCUT2D eigenvalue weighted by atomic mass is 16.5. The van der Waals surface area contributed by atoms with Crippen LogP contribution in [-0.2, 0) is 0 Å². The van der Waals surface area contributed by atoms with Crippen molar-refractivity contribution in [2.75, 3.05) is 23.3 Å². The average Bonchev–Trinajstić information content (AvgIpc) is 3.34. The van der Waals surface area contributed by atoms with Gasteiger partial charge >= 0.3 is 0 Å². The van der Waals surface area contributed by atoms with E-state index in [4.69, 9.17) is 4.52 Å². The summed E-state index contributed by atoms with van der Waals surface area (Å²) >= 11 is 0. The molecule has 1 aromatic carbocycles. The minimum Gasteiger partial charge on any atom is -0.370 e. The first-order valence-electron chi connectivity index (χ1n) is 9.04. The Morgan fingerprint density at radius 3 is 2.77 bits per heavy atom. The molecular weight excluding hydrogens is 328 g/mol. The molecule has 1 saturated heterocycles. The van der Waals surface area contributed by atoms with E-state index in [1.165, 1.54) is 12.8 Å². The third-order valence-corrected chi connectivity index (χ3v) is 4.77. The van der Waals surface area contributed by atoms with Crippen molar-refractivity contribution in [3.8, 4) is 0 Å². The Balaban J connectivity index is 1.66. The van der Waals surface area contributed by atoms with Crippen LogP contribution in [0.3, 0.4) is 0 Å². The lowest BCUT2D eigenvalue weighted by atomic mass is 10.1. The molecule has 1 N–H and O–H groups in total. The van der Waals surface area contributed by atoms with Gasteiger partial charge in [-0.1, -0.05) is 19.0 Å². The molecule has 3 heterocycles. The molecule has 0 spiro atoms. The predicted octanol–water partition coefficient (Wildman–Crippen LogP) is 4.20. The molecule has 0 bridgehead atoms. The molecule has 26 heavy (non-hydrogen) atoms. The van der Waals surface area contributed by atoms with Crippen LogP contribution in [0.5, 0.6) is 0 Å². The Morgan fingerprint density at radius 2 is 2.04 bits per heavy atom. The number of aromatic nitrogens is 2. The van der Waals surface area contributed by atoms with Crippen molar-refractivity contribution in [1.29, 1.82) is 0 Å². The fourth-order valence-corrected chi connectivity index (χ4v) is 3.33. The number of carbonyl (C=O) groups is 1. The minimum atomic E-state index is -0.278. The largest absolute Gasteiger partial charge is 0.370 e. The number of benzene rings is 1. The maximum absolute atomic E-state index is 12.6. The van der Waals surface area contributed by atoms with E-state index in [1.54, 1.807) is 12.3 Å². The first-order valence-corrected chi connectivity index (χ1v) is 9.04. The van der Waals surface area contributed by atoms with E-state index >= 15 is 0 Å². The summed E-state index contributed by atoms with van der Waals surface area (Å²) in [6.45, 7) is 6.10. The van der Waals surface area contributed by atoms with Crippen LogP contribution in [0.25, 0.3) is 10.9 Å². The quantitative estimate of drug-likeness (QED) is 0.763. The fourth-order valence-electron chi connectivity index (χ4n) is 3.33. The highest BCUT2D eigenvalue weighted by molar-refractivity contribution is 6.09. The molecular formula is C20H22N4O2. The number of hydrogen-bond donors (Lipinski definition) is 1. The second-order valence-electron chi connectivity index (χ2n) is 6.95. The zero-order valence-electron chi connectivity index (χ0n) is 15.0. The van der Waals surface area contributed by atoms with Gasteiger partial charge in [0.05, 0.1) is 16.9 Å². The normalized spacial score (nSPS) is 14.3. The Hall–Kier alpha value is -2.89. The molecule has 1 aliphatic rings. The van der Waals surface area contributed by atoms with Gasteiger partial charge in [0, 0.05) is 36.7 Å². The van der Waals surface area contributed by atoms with Gasteiger partial charge in [0.2, 0.25) is 0 Å². The number of carbonyl (C=O) groups excluding carboxylic acids is 1. The van der Waals surface area contributed by atoms with E-state index in [9.17, 15) is 4.79 Å². The third-order valence-electron chi connectivity index (χ3n) is 4.77. The summed E-state index contributed by atoms with van der Waals surface area (Å²) in [7, 11) is 0. The Kier molecular flexibility index (Phi) is 4.32. The number of rotatable bonds is 4. The fraction of sp³-hybridized carbons (Fsp3) is 0.350. The monoisotopic (exact) mass is 350 g/mol. The predicted molar refractivity (Wildman–Crippen MR) is 102 cm³/mol.